The first-order valence-corrected chi connectivity index (χ1v) is 9.71. The van der Waals surface area contributed by atoms with Gasteiger partial charge in [0.2, 0.25) is 0 Å². The number of fused-ring (bicyclic) bond motifs is 1. The Morgan fingerprint density at radius 2 is 2.04 bits per heavy atom. The van der Waals surface area contributed by atoms with Crippen LogP contribution in [-0.2, 0) is 4.74 Å². The van der Waals surface area contributed by atoms with E-state index in [9.17, 15) is 14.9 Å². The predicted molar refractivity (Wildman–Crippen MR) is 106 cm³/mol. The molecule has 0 saturated carbocycles. The van der Waals surface area contributed by atoms with Gasteiger partial charge < -0.3 is 14.5 Å². The molecule has 1 amide bonds. The number of rotatable bonds is 3. The van der Waals surface area contributed by atoms with Crippen molar-refractivity contribution < 1.29 is 14.5 Å². The third-order valence-electron chi connectivity index (χ3n) is 4.53. The average molecular weight is 392 g/mol. The molecule has 0 N–H and O–H groups in total. The third-order valence-corrected chi connectivity index (χ3v) is 5.63. The number of nitro groups is 1. The minimum absolute atomic E-state index is 0.0528. The summed E-state index contributed by atoms with van der Waals surface area (Å²) in [6, 6.07) is 4.90. The number of piperidine rings is 1. The van der Waals surface area contributed by atoms with Crippen molar-refractivity contribution in [1.82, 2.24) is 9.88 Å². The van der Waals surface area contributed by atoms with Crippen LogP contribution in [-0.4, -0.2) is 52.7 Å². The molecule has 146 valence electrons. The number of amides is 1. The van der Waals surface area contributed by atoms with Gasteiger partial charge in [-0.15, -0.1) is 0 Å². The number of ether oxygens (including phenoxy) is 1. The van der Waals surface area contributed by atoms with E-state index in [1.807, 2.05) is 20.8 Å². The first kappa shape index (κ1) is 19.3. The predicted octanol–water partition coefficient (Wildman–Crippen LogP) is 4.04. The second-order valence-corrected chi connectivity index (χ2v) is 8.72. The number of benzene rings is 1. The Bertz CT molecular complexity index is 853. The molecule has 0 radical (unpaired) electrons. The minimum atomic E-state index is -0.504. The van der Waals surface area contributed by atoms with Crippen LogP contribution in [0.5, 0.6) is 0 Å². The highest BCUT2D eigenvalue weighted by atomic mass is 32.1. The number of non-ortho nitro benzene ring substituents is 1. The molecule has 1 aliphatic rings. The van der Waals surface area contributed by atoms with Crippen molar-refractivity contribution in [2.45, 2.75) is 45.3 Å². The number of carbonyl (C=O) groups excluding carboxylic acids is 1. The van der Waals surface area contributed by atoms with E-state index in [4.69, 9.17) is 4.74 Å². The first-order valence-electron chi connectivity index (χ1n) is 8.90. The lowest BCUT2D eigenvalue weighted by Gasteiger charge is -2.37. The van der Waals surface area contributed by atoms with Gasteiger partial charge in [-0.3, -0.25) is 10.1 Å². The maximum Gasteiger partial charge on any atom is 0.410 e. The van der Waals surface area contributed by atoms with Crippen molar-refractivity contribution in [1.29, 1.82) is 0 Å². The summed E-state index contributed by atoms with van der Waals surface area (Å²) in [7, 11) is 1.78. The number of thiazole rings is 1. The van der Waals surface area contributed by atoms with Gasteiger partial charge in [-0.2, -0.15) is 0 Å². The molecule has 0 spiro atoms. The van der Waals surface area contributed by atoms with Gasteiger partial charge in [0.1, 0.15) is 5.60 Å². The Kier molecular flexibility index (Phi) is 5.23. The van der Waals surface area contributed by atoms with Crippen LogP contribution in [0.25, 0.3) is 10.2 Å². The molecule has 8 nitrogen and oxygen atoms in total. The summed E-state index contributed by atoms with van der Waals surface area (Å²) in [4.78, 5) is 31.2. The molecule has 0 aliphatic carbocycles. The summed E-state index contributed by atoms with van der Waals surface area (Å²) >= 11 is 1.53. The van der Waals surface area contributed by atoms with Crippen LogP contribution >= 0.6 is 11.3 Å². The van der Waals surface area contributed by atoms with Gasteiger partial charge in [0.15, 0.2) is 5.13 Å². The number of nitrogens with zero attached hydrogens (tertiary/aromatic N) is 4. The van der Waals surface area contributed by atoms with Gasteiger partial charge in [0.05, 0.1) is 15.1 Å². The first-order chi connectivity index (χ1) is 12.6. The molecule has 2 aromatic rings. The van der Waals surface area contributed by atoms with Crippen molar-refractivity contribution in [3.63, 3.8) is 0 Å². The molecule has 2 heterocycles. The fourth-order valence-electron chi connectivity index (χ4n) is 3.08. The summed E-state index contributed by atoms with van der Waals surface area (Å²) in [5, 5.41) is 11.8. The van der Waals surface area contributed by atoms with Crippen LogP contribution < -0.4 is 4.90 Å². The summed E-state index contributed by atoms with van der Waals surface area (Å²) in [6.07, 6.45) is 1.35. The Hall–Kier alpha value is -2.42. The summed E-state index contributed by atoms with van der Waals surface area (Å²) in [5.74, 6) is 0. The summed E-state index contributed by atoms with van der Waals surface area (Å²) in [6.45, 7) is 7.13. The van der Waals surface area contributed by atoms with E-state index < -0.39 is 10.5 Å². The van der Waals surface area contributed by atoms with Crippen LogP contribution in [0, 0.1) is 10.1 Å². The zero-order valence-corrected chi connectivity index (χ0v) is 16.8. The van der Waals surface area contributed by atoms with Crippen LogP contribution in [0.4, 0.5) is 15.6 Å². The molecule has 0 atom stereocenters. The second-order valence-electron chi connectivity index (χ2n) is 7.72. The van der Waals surface area contributed by atoms with E-state index in [0.29, 0.717) is 5.52 Å². The monoisotopic (exact) mass is 392 g/mol. The van der Waals surface area contributed by atoms with Gasteiger partial charge in [0, 0.05) is 38.3 Å². The number of carbonyl (C=O) groups is 1. The molecule has 1 aromatic heterocycles. The van der Waals surface area contributed by atoms with Crippen molar-refractivity contribution >= 4 is 38.5 Å². The van der Waals surface area contributed by atoms with Gasteiger partial charge in [-0.1, -0.05) is 11.3 Å². The van der Waals surface area contributed by atoms with Crippen molar-refractivity contribution in [2.75, 3.05) is 25.0 Å². The zero-order chi connectivity index (χ0) is 19.8. The van der Waals surface area contributed by atoms with Crippen LogP contribution in [0.1, 0.15) is 33.6 Å². The smallest absolute Gasteiger partial charge is 0.410 e. The lowest BCUT2D eigenvalue weighted by atomic mass is 10.0. The molecule has 1 aliphatic heterocycles. The number of nitro benzene ring substituents is 1. The second kappa shape index (κ2) is 7.30. The van der Waals surface area contributed by atoms with E-state index in [1.54, 1.807) is 18.0 Å². The summed E-state index contributed by atoms with van der Waals surface area (Å²) < 4.78 is 6.38. The molecule has 27 heavy (non-hydrogen) atoms. The Balaban J connectivity index is 1.64. The largest absolute Gasteiger partial charge is 0.444 e. The van der Waals surface area contributed by atoms with Gasteiger partial charge in [0.25, 0.3) is 5.69 Å². The molecular formula is C18H24N4O4S. The minimum Gasteiger partial charge on any atom is -0.444 e. The van der Waals surface area contributed by atoms with Crippen molar-refractivity contribution in [2.24, 2.45) is 0 Å². The molecule has 1 fully saturated rings. The molecular weight excluding hydrogens is 368 g/mol. The zero-order valence-electron chi connectivity index (χ0n) is 16.0. The number of aromatic nitrogens is 1. The number of hydrogen-bond acceptors (Lipinski definition) is 7. The molecule has 9 heteroatoms. The lowest BCUT2D eigenvalue weighted by molar-refractivity contribution is -0.384. The highest BCUT2D eigenvalue weighted by molar-refractivity contribution is 7.22. The van der Waals surface area contributed by atoms with E-state index in [2.05, 4.69) is 9.88 Å². The molecule has 0 unspecified atom stereocenters. The van der Waals surface area contributed by atoms with E-state index in [0.717, 1.165) is 35.8 Å². The quantitative estimate of drug-likeness (QED) is 0.578. The van der Waals surface area contributed by atoms with Gasteiger partial charge in [-0.05, 0) is 39.7 Å². The van der Waals surface area contributed by atoms with Gasteiger partial charge in [-0.25, -0.2) is 9.78 Å². The van der Waals surface area contributed by atoms with Crippen LogP contribution in [0.3, 0.4) is 0 Å². The highest BCUT2D eigenvalue weighted by Gasteiger charge is 2.29. The fourth-order valence-corrected chi connectivity index (χ4v) is 4.08. The van der Waals surface area contributed by atoms with E-state index in [1.165, 1.54) is 23.5 Å². The van der Waals surface area contributed by atoms with Crippen molar-refractivity contribution in [3.05, 3.63) is 28.3 Å². The third kappa shape index (κ3) is 4.47. The van der Waals surface area contributed by atoms with E-state index >= 15 is 0 Å². The van der Waals surface area contributed by atoms with Crippen LogP contribution in [0.15, 0.2) is 18.2 Å². The van der Waals surface area contributed by atoms with E-state index in [-0.39, 0.29) is 17.8 Å². The Morgan fingerprint density at radius 1 is 1.37 bits per heavy atom. The maximum absolute atomic E-state index is 12.2. The molecule has 1 aromatic carbocycles. The Labute approximate surface area is 161 Å². The number of anilines is 1. The van der Waals surface area contributed by atoms with Crippen LogP contribution in [0.2, 0.25) is 0 Å². The molecule has 3 rings (SSSR count). The highest BCUT2D eigenvalue weighted by Crippen LogP contribution is 2.33. The lowest BCUT2D eigenvalue weighted by Crippen LogP contribution is -2.47. The Morgan fingerprint density at radius 3 is 2.63 bits per heavy atom. The molecule has 1 saturated heterocycles. The van der Waals surface area contributed by atoms with Crippen molar-refractivity contribution in [3.8, 4) is 0 Å². The summed E-state index contributed by atoms with van der Waals surface area (Å²) in [5.41, 5.74) is 0.199. The number of hydrogen-bond donors (Lipinski definition) is 0. The SMILES string of the molecule is CN(C(=O)OC(C)(C)C)C1CCN(c2nc3cc([N+](=O)[O-])ccc3s2)CC1. The maximum atomic E-state index is 12.2. The topological polar surface area (TPSA) is 88.8 Å². The fraction of sp³-hybridized carbons (Fsp3) is 0.556. The standard InChI is InChI=1S/C18H24N4O4S/c1-18(2,3)26-17(23)20(4)12-7-9-21(10-8-12)16-19-14-11-13(22(24)25)5-6-15(14)27-16/h5-6,11-12H,7-10H2,1-4H3. The normalized spacial score (nSPS) is 15.8. The molecule has 0 bridgehead atoms. The van der Waals surface area contributed by atoms with Gasteiger partial charge >= 0.3 is 6.09 Å². The average Bonchev–Trinajstić information content (AvgIpc) is 3.02.